The van der Waals surface area contributed by atoms with Gasteiger partial charge in [0.2, 0.25) is 0 Å². The molecule has 0 unspecified atom stereocenters. The summed E-state index contributed by atoms with van der Waals surface area (Å²) in [7, 11) is 3.55. The van der Waals surface area contributed by atoms with Gasteiger partial charge in [0.15, 0.2) is 0 Å². The van der Waals surface area contributed by atoms with Gasteiger partial charge >= 0.3 is 0 Å². The maximum Gasteiger partial charge on any atom is 0.273 e. The summed E-state index contributed by atoms with van der Waals surface area (Å²) in [5.41, 5.74) is 8.76. The number of nitrogens with zero attached hydrogens (tertiary/aromatic N) is 4. The van der Waals surface area contributed by atoms with Gasteiger partial charge in [0, 0.05) is 37.3 Å². The molecule has 0 fully saturated rings. The van der Waals surface area contributed by atoms with Gasteiger partial charge in [-0.25, -0.2) is 0 Å². The second kappa shape index (κ2) is 8.49. The predicted octanol–water partition coefficient (Wildman–Crippen LogP) is 3.36. The zero-order valence-electron chi connectivity index (χ0n) is 17.9. The standard InChI is InChI=1S/C21H27ClN6O2/c1-21(2,3)18-11-16(27(4)26-18)20(29)25-13-6-7-17(30-9-8-23)14(10-13)19-15(22)12-24-28(19)5/h6-7,10-12H,8-9,23H2,1-5H3,(H,25,29). The van der Waals surface area contributed by atoms with Gasteiger partial charge in [-0.1, -0.05) is 32.4 Å². The van der Waals surface area contributed by atoms with Crippen molar-refractivity contribution in [3.63, 3.8) is 0 Å². The topological polar surface area (TPSA) is 100.0 Å². The number of amides is 1. The van der Waals surface area contributed by atoms with E-state index in [4.69, 9.17) is 22.1 Å². The van der Waals surface area contributed by atoms with Crippen molar-refractivity contribution in [2.75, 3.05) is 18.5 Å². The molecule has 0 aliphatic carbocycles. The van der Waals surface area contributed by atoms with E-state index in [0.717, 1.165) is 5.69 Å². The first-order valence-electron chi connectivity index (χ1n) is 9.62. The Balaban J connectivity index is 1.95. The van der Waals surface area contributed by atoms with Crippen LogP contribution in [0.25, 0.3) is 11.3 Å². The fourth-order valence-corrected chi connectivity index (χ4v) is 3.31. The summed E-state index contributed by atoms with van der Waals surface area (Å²) in [6.45, 7) is 6.91. The van der Waals surface area contributed by atoms with Crippen molar-refractivity contribution in [1.82, 2.24) is 19.6 Å². The second-order valence-electron chi connectivity index (χ2n) is 8.06. The first-order chi connectivity index (χ1) is 14.1. The fourth-order valence-electron chi connectivity index (χ4n) is 3.04. The van der Waals surface area contributed by atoms with Crippen molar-refractivity contribution in [2.45, 2.75) is 26.2 Å². The SMILES string of the molecule is Cn1nc(C(C)(C)C)cc1C(=O)Nc1ccc(OCCN)c(-c2c(Cl)cnn2C)c1. The number of anilines is 1. The maximum atomic E-state index is 12.9. The number of nitrogens with two attached hydrogens (primary N) is 1. The number of hydrogen-bond acceptors (Lipinski definition) is 5. The molecular formula is C21H27ClN6O2. The van der Waals surface area contributed by atoms with Gasteiger partial charge in [-0.2, -0.15) is 10.2 Å². The van der Waals surface area contributed by atoms with Crippen molar-refractivity contribution in [2.24, 2.45) is 19.8 Å². The van der Waals surface area contributed by atoms with E-state index < -0.39 is 0 Å². The molecule has 0 bridgehead atoms. The molecule has 9 heteroatoms. The van der Waals surface area contributed by atoms with Crippen LogP contribution in [0.3, 0.4) is 0 Å². The van der Waals surface area contributed by atoms with Gasteiger partial charge in [0.05, 0.1) is 22.6 Å². The van der Waals surface area contributed by atoms with Crippen LogP contribution in [-0.4, -0.2) is 38.6 Å². The fraction of sp³-hybridized carbons (Fsp3) is 0.381. The summed E-state index contributed by atoms with van der Waals surface area (Å²) in [5, 5.41) is 12.1. The molecule has 0 radical (unpaired) electrons. The Morgan fingerprint density at radius 1 is 1.23 bits per heavy atom. The Morgan fingerprint density at radius 2 is 1.97 bits per heavy atom. The number of nitrogens with one attached hydrogen (secondary N) is 1. The molecule has 0 aliphatic rings. The molecule has 3 N–H and O–H groups in total. The van der Waals surface area contributed by atoms with Crippen LogP contribution < -0.4 is 15.8 Å². The first-order valence-corrected chi connectivity index (χ1v) is 10.00. The molecule has 0 spiro atoms. The van der Waals surface area contributed by atoms with Crippen LogP contribution in [0.1, 0.15) is 37.0 Å². The molecule has 0 saturated carbocycles. The van der Waals surface area contributed by atoms with Crippen molar-refractivity contribution >= 4 is 23.2 Å². The molecule has 0 aliphatic heterocycles. The Bertz CT molecular complexity index is 1040. The summed E-state index contributed by atoms with van der Waals surface area (Å²) < 4.78 is 9.03. The van der Waals surface area contributed by atoms with Crippen LogP contribution >= 0.6 is 11.6 Å². The average molecular weight is 431 g/mol. The summed E-state index contributed by atoms with van der Waals surface area (Å²) in [6.07, 6.45) is 1.57. The molecule has 1 amide bonds. The summed E-state index contributed by atoms with van der Waals surface area (Å²) >= 11 is 6.34. The molecule has 1 aromatic carbocycles. The third-order valence-electron chi connectivity index (χ3n) is 4.64. The number of benzene rings is 1. The molecular weight excluding hydrogens is 404 g/mol. The number of hydrogen-bond donors (Lipinski definition) is 2. The molecule has 0 atom stereocenters. The van der Waals surface area contributed by atoms with Crippen molar-refractivity contribution in [3.8, 4) is 17.0 Å². The monoisotopic (exact) mass is 430 g/mol. The van der Waals surface area contributed by atoms with Gasteiger partial charge < -0.3 is 15.8 Å². The Hall–Kier alpha value is -2.84. The number of aromatic nitrogens is 4. The highest BCUT2D eigenvalue weighted by molar-refractivity contribution is 6.33. The van der Waals surface area contributed by atoms with Crippen LogP contribution in [0.15, 0.2) is 30.5 Å². The van der Waals surface area contributed by atoms with Crippen LogP contribution in [0, 0.1) is 0 Å². The number of ether oxygens (including phenoxy) is 1. The first kappa shape index (κ1) is 21.9. The van der Waals surface area contributed by atoms with E-state index in [0.29, 0.717) is 46.6 Å². The largest absolute Gasteiger partial charge is 0.492 e. The molecule has 2 aromatic heterocycles. The van der Waals surface area contributed by atoms with Crippen molar-refractivity contribution in [1.29, 1.82) is 0 Å². The van der Waals surface area contributed by atoms with E-state index in [1.165, 1.54) is 0 Å². The molecule has 3 rings (SSSR count). The van der Waals surface area contributed by atoms with E-state index in [1.807, 2.05) is 12.1 Å². The number of carbonyl (C=O) groups is 1. The minimum Gasteiger partial charge on any atom is -0.492 e. The Labute approximate surface area is 181 Å². The minimum absolute atomic E-state index is 0.151. The lowest BCUT2D eigenvalue weighted by Crippen LogP contribution is -2.16. The maximum absolute atomic E-state index is 12.9. The number of rotatable bonds is 6. The van der Waals surface area contributed by atoms with Crippen LogP contribution in [0.2, 0.25) is 5.02 Å². The van der Waals surface area contributed by atoms with Gasteiger partial charge in [-0.05, 0) is 24.3 Å². The van der Waals surface area contributed by atoms with Gasteiger partial charge in [-0.3, -0.25) is 14.2 Å². The lowest BCUT2D eigenvalue weighted by molar-refractivity contribution is 0.101. The zero-order chi connectivity index (χ0) is 22.1. The highest BCUT2D eigenvalue weighted by Crippen LogP contribution is 2.36. The predicted molar refractivity (Wildman–Crippen MR) is 118 cm³/mol. The molecule has 160 valence electrons. The summed E-state index contributed by atoms with van der Waals surface area (Å²) in [6, 6.07) is 7.19. The van der Waals surface area contributed by atoms with Gasteiger partial charge in [0.1, 0.15) is 18.1 Å². The minimum atomic E-state index is -0.252. The zero-order valence-corrected chi connectivity index (χ0v) is 18.6. The molecule has 8 nitrogen and oxygen atoms in total. The summed E-state index contributed by atoms with van der Waals surface area (Å²) in [5.74, 6) is 0.359. The van der Waals surface area contributed by atoms with E-state index in [9.17, 15) is 4.79 Å². The normalized spacial score (nSPS) is 11.6. The van der Waals surface area contributed by atoms with E-state index >= 15 is 0 Å². The van der Waals surface area contributed by atoms with Gasteiger partial charge in [-0.15, -0.1) is 0 Å². The number of aryl methyl sites for hydroxylation is 2. The molecule has 3 aromatic rings. The van der Waals surface area contributed by atoms with E-state index in [1.54, 1.807) is 41.8 Å². The van der Waals surface area contributed by atoms with Crippen molar-refractivity contribution < 1.29 is 9.53 Å². The van der Waals surface area contributed by atoms with Gasteiger partial charge in [0.25, 0.3) is 5.91 Å². The highest BCUT2D eigenvalue weighted by Gasteiger charge is 2.22. The van der Waals surface area contributed by atoms with E-state index in [-0.39, 0.29) is 11.3 Å². The number of halogens is 1. The van der Waals surface area contributed by atoms with Crippen molar-refractivity contribution in [3.05, 3.63) is 46.9 Å². The average Bonchev–Trinajstić information content (AvgIpc) is 3.23. The highest BCUT2D eigenvalue weighted by atomic mass is 35.5. The van der Waals surface area contributed by atoms with Crippen LogP contribution in [-0.2, 0) is 19.5 Å². The third kappa shape index (κ3) is 4.49. The van der Waals surface area contributed by atoms with E-state index in [2.05, 4.69) is 36.3 Å². The molecule has 30 heavy (non-hydrogen) atoms. The smallest absolute Gasteiger partial charge is 0.273 e. The van der Waals surface area contributed by atoms with Crippen LogP contribution in [0.5, 0.6) is 5.75 Å². The van der Waals surface area contributed by atoms with Crippen LogP contribution in [0.4, 0.5) is 5.69 Å². The lowest BCUT2D eigenvalue weighted by atomic mass is 9.92. The summed E-state index contributed by atoms with van der Waals surface area (Å²) in [4.78, 5) is 12.9. The lowest BCUT2D eigenvalue weighted by Gasteiger charge is -2.14. The second-order valence-corrected chi connectivity index (χ2v) is 8.46. The number of carbonyl (C=O) groups excluding carboxylic acids is 1. The molecule has 2 heterocycles. The quantitative estimate of drug-likeness (QED) is 0.624. The Kier molecular flexibility index (Phi) is 6.19. The molecule has 0 saturated heterocycles. The third-order valence-corrected chi connectivity index (χ3v) is 4.92. The Morgan fingerprint density at radius 3 is 2.53 bits per heavy atom.